The molecule has 0 aliphatic heterocycles. The monoisotopic (exact) mass is 260 g/mol. The Morgan fingerprint density at radius 1 is 1.41 bits per heavy atom. The van der Waals surface area contributed by atoms with Crippen LogP contribution in [0, 0.1) is 5.82 Å². The van der Waals surface area contributed by atoms with Gasteiger partial charge in [0.05, 0.1) is 6.20 Å². The van der Waals surface area contributed by atoms with Crippen LogP contribution in [-0.4, -0.2) is 24.2 Å². The summed E-state index contributed by atoms with van der Waals surface area (Å²) in [4.78, 5) is 23.9. The molecule has 1 aromatic rings. The number of nitrogens with zero attached hydrogens (tertiary/aromatic N) is 1. The van der Waals surface area contributed by atoms with Crippen LogP contribution in [0.25, 0.3) is 0 Å². The highest BCUT2D eigenvalue weighted by Crippen LogP contribution is 2.07. The van der Waals surface area contributed by atoms with Gasteiger partial charge < -0.3 is 4.74 Å². The molecule has 1 rings (SSSR count). The maximum absolute atomic E-state index is 12.9. The molecule has 0 unspecified atom stereocenters. The van der Waals surface area contributed by atoms with Crippen LogP contribution < -0.4 is 11.2 Å². The maximum atomic E-state index is 12.9. The number of ether oxygens (including phenoxy) is 1. The molecule has 5 nitrogen and oxygen atoms in total. The Morgan fingerprint density at radius 3 is 2.65 bits per heavy atom. The molecule has 0 saturated carbocycles. The average Bonchev–Trinajstić information content (AvgIpc) is 2.18. The van der Waals surface area contributed by atoms with Crippen molar-refractivity contribution in [3.05, 3.63) is 32.9 Å². The third kappa shape index (κ3) is 4.66. The van der Waals surface area contributed by atoms with E-state index in [0.29, 0.717) is 6.61 Å². The number of aromatic nitrogens is 2. The highest BCUT2D eigenvalue weighted by molar-refractivity contribution is 6.76. The van der Waals surface area contributed by atoms with E-state index in [1.165, 1.54) is 0 Å². The zero-order chi connectivity index (χ0) is 13.1. The summed E-state index contributed by atoms with van der Waals surface area (Å²) in [5.41, 5.74) is -1.67. The van der Waals surface area contributed by atoms with Crippen LogP contribution in [0.1, 0.15) is 0 Å². The molecule has 1 heterocycles. The summed E-state index contributed by atoms with van der Waals surface area (Å²) in [5, 5.41) is 0. The summed E-state index contributed by atoms with van der Waals surface area (Å²) in [6, 6.07) is 0.966. The van der Waals surface area contributed by atoms with Gasteiger partial charge in [0.2, 0.25) is 5.82 Å². The van der Waals surface area contributed by atoms with Crippen molar-refractivity contribution in [1.29, 1.82) is 0 Å². The van der Waals surface area contributed by atoms with Crippen LogP contribution >= 0.6 is 0 Å². The van der Waals surface area contributed by atoms with Crippen molar-refractivity contribution in [3.8, 4) is 0 Å². The summed E-state index contributed by atoms with van der Waals surface area (Å²) < 4.78 is 19.2. The van der Waals surface area contributed by atoms with Crippen molar-refractivity contribution in [1.82, 2.24) is 9.55 Å². The van der Waals surface area contributed by atoms with E-state index in [0.717, 1.165) is 16.8 Å². The zero-order valence-electron chi connectivity index (χ0n) is 10.2. The summed E-state index contributed by atoms with van der Waals surface area (Å²) in [6.45, 7) is 7.12. The number of hydrogen-bond donors (Lipinski definition) is 1. The number of nitrogens with one attached hydrogen (secondary N) is 1. The minimum absolute atomic E-state index is 0.0446. The quantitative estimate of drug-likeness (QED) is 0.634. The Balaban J connectivity index is 2.56. The number of rotatable bonds is 5. The molecule has 0 fully saturated rings. The smallest absolute Gasteiger partial charge is 0.330 e. The highest BCUT2D eigenvalue weighted by Gasteiger charge is 2.12. The zero-order valence-corrected chi connectivity index (χ0v) is 11.2. The van der Waals surface area contributed by atoms with Crippen LogP contribution in [0.2, 0.25) is 25.7 Å². The lowest BCUT2D eigenvalue weighted by Crippen LogP contribution is -2.32. The van der Waals surface area contributed by atoms with E-state index >= 15 is 0 Å². The molecule has 0 saturated heterocycles. The molecular weight excluding hydrogens is 243 g/mol. The second-order valence-electron chi connectivity index (χ2n) is 5.05. The topological polar surface area (TPSA) is 64.1 Å². The fourth-order valence-electron chi connectivity index (χ4n) is 1.12. The minimum Gasteiger partial charge on any atom is -0.361 e. The van der Waals surface area contributed by atoms with Gasteiger partial charge in [0, 0.05) is 14.7 Å². The van der Waals surface area contributed by atoms with Crippen molar-refractivity contribution in [2.45, 2.75) is 32.4 Å². The van der Waals surface area contributed by atoms with Crippen LogP contribution in [-0.2, 0) is 11.5 Å². The van der Waals surface area contributed by atoms with Crippen molar-refractivity contribution >= 4 is 8.07 Å². The fraction of sp³-hybridized carbons (Fsp3) is 0.600. The van der Waals surface area contributed by atoms with Gasteiger partial charge >= 0.3 is 5.69 Å². The molecule has 0 spiro atoms. The van der Waals surface area contributed by atoms with E-state index < -0.39 is 25.1 Å². The molecule has 0 atom stereocenters. The van der Waals surface area contributed by atoms with Gasteiger partial charge in [-0.15, -0.1) is 0 Å². The largest absolute Gasteiger partial charge is 0.361 e. The predicted molar refractivity (Wildman–Crippen MR) is 65.4 cm³/mol. The average molecular weight is 260 g/mol. The molecule has 1 aromatic heterocycles. The maximum Gasteiger partial charge on any atom is 0.330 e. The predicted octanol–water partition coefficient (Wildman–Crippen LogP) is 0.988. The molecule has 0 aliphatic rings. The molecule has 17 heavy (non-hydrogen) atoms. The van der Waals surface area contributed by atoms with E-state index in [1.54, 1.807) is 0 Å². The van der Waals surface area contributed by atoms with Crippen LogP contribution in [0.5, 0.6) is 0 Å². The van der Waals surface area contributed by atoms with Gasteiger partial charge in [0.1, 0.15) is 6.73 Å². The summed E-state index contributed by atoms with van der Waals surface area (Å²) in [6.07, 6.45) is 0.857. The molecular formula is C10H17FN2O3Si. The fourth-order valence-corrected chi connectivity index (χ4v) is 1.88. The SMILES string of the molecule is C[Si](C)(C)CCOCn1cc(F)c(=O)[nH]c1=O. The van der Waals surface area contributed by atoms with Gasteiger partial charge in [-0.25, -0.2) is 4.79 Å². The van der Waals surface area contributed by atoms with E-state index in [1.807, 2.05) is 4.98 Å². The first kappa shape index (κ1) is 13.9. The van der Waals surface area contributed by atoms with Crippen molar-refractivity contribution in [2.75, 3.05) is 6.61 Å². The third-order valence-corrected chi connectivity index (χ3v) is 3.90. The number of halogens is 1. The van der Waals surface area contributed by atoms with Gasteiger partial charge in [-0.2, -0.15) is 4.39 Å². The lowest BCUT2D eigenvalue weighted by atomic mass is 10.6. The minimum atomic E-state index is -1.17. The second kappa shape index (κ2) is 5.41. The van der Waals surface area contributed by atoms with Crippen LogP contribution in [0.3, 0.4) is 0 Å². The molecule has 0 amide bonds. The summed E-state index contributed by atoms with van der Waals surface area (Å²) >= 11 is 0. The summed E-state index contributed by atoms with van der Waals surface area (Å²) in [5.74, 6) is -0.988. The first-order valence-corrected chi connectivity index (χ1v) is 9.07. The Labute approximate surface area is 99.3 Å². The van der Waals surface area contributed by atoms with E-state index in [-0.39, 0.29) is 6.73 Å². The normalized spacial score (nSPS) is 11.8. The number of aromatic amines is 1. The Hall–Kier alpha value is -1.21. The van der Waals surface area contributed by atoms with Gasteiger partial charge in [0.15, 0.2) is 0 Å². The van der Waals surface area contributed by atoms with E-state index in [4.69, 9.17) is 4.74 Å². The molecule has 0 aliphatic carbocycles. The van der Waals surface area contributed by atoms with Gasteiger partial charge in [-0.1, -0.05) is 19.6 Å². The van der Waals surface area contributed by atoms with Crippen LogP contribution in [0.4, 0.5) is 4.39 Å². The summed E-state index contributed by atoms with van der Waals surface area (Å²) in [7, 11) is -1.17. The molecule has 1 N–H and O–H groups in total. The standard InChI is InChI=1S/C10H17FN2O3Si/c1-17(2,3)5-4-16-7-13-6-8(11)9(14)12-10(13)15/h6H,4-5,7H2,1-3H3,(H,12,14,15). The van der Waals surface area contributed by atoms with Gasteiger partial charge in [-0.05, 0) is 6.04 Å². The second-order valence-corrected chi connectivity index (χ2v) is 10.7. The molecule has 0 bridgehead atoms. The molecule has 0 radical (unpaired) electrons. The van der Waals surface area contributed by atoms with E-state index in [9.17, 15) is 14.0 Å². The first-order valence-electron chi connectivity index (χ1n) is 5.36. The van der Waals surface area contributed by atoms with Crippen molar-refractivity contribution in [2.24, 2.45) is 0 Å². The van der Waals surface area contributed by atoms with Crippen molar-refractivity contribution in [3.63, 3.8) is 0 Å². The van der Waals surface area contributed by atoms with Gasteiger partial charge in [-0.3, -0.25) is 14.3 Å². The number of H-pyrrole nitrogens is 1. The number of hydrogen-bond acceptors (Lipinski definition) is 3. The third-order valence-electron chi connectivity index (χ3n) is 2.19. The highest BCUT2D eigenvalue weighted by atomic mass is 28.3. The van der Waals surface area contributed by atoms with Gasteiger partial charge in [0.25, 0.3) is 5.56 Å². The molecule has 96 valence electrons. The molecule has 0 aromatic carbocycles. The van der Waals surface area contributed by atoms with E-state index in [2.05, 4.69) is 19.6 Å². The lowest BCUT2D eigenvalue weighted by molar-refractivity contribution is 0.0828. The first-order chi connectivity index (χ1) is 7.79. The molecule has 7 heteroatoms. The van der Waals surface area contributed by atoms with Crippen molar-refractivity contribution < 1.29 is 9.13 Å². The van der Waals surface area contributed by atoms with Crippen LogP contribution in [0.15, 0.2) is 15.8 Å². The lowest BCUT2D eigenvalue weighted by Gasteiger charge is -2.15. The Bertz CT molecular complexity index is 490. The Morgan fingerprint density at radius 2 is 2.06 bits per heavy atom. The Kier molecular flexibility index (Phi) is 4.41.